The molecule has 0 heterocycles. The Morgan fingerprint density at radius 2 is 1.00 bits per heavy atom. The first kappa shape index (κ1) is 24.1. The predicted octanol–water partition coefficient (Wildman–Crippen LogP) is 4.42. The van der Waals surface area contributed by atoms with Gasteiger partial charge < -0.3 is 0 Å². The summed E-state index contributed by atoms with van der Waals surface area (Å²) in [6.45, 7) is -6.19. The minimum absolute atomic E-state index is 1.83. The first-order valence-electron chi connectivity index (χ1n) is 3.91. The van der Waals surface area contributed by atoms with Gasteiger partial charge in [0.2, 0.25) is 0 Å². The highest BCUT2D eigenvalue weighted by molar-refractivity contribution is 4.41. The van der Waals surface area contributed by atoms with Crippen LogP contribution in [-0.2, 0) is 9.88 Å². The van der Waals surface area contributed by atoms with E-state index in [4.69, 9.17) is 0 Å². The van der Waals surface area contributed by atoms with Crippen LogP contribution in [0.5, 0.6) is 0 Å². The van der Waals surface area contributed by atoms with Gasteiger partial charge in [-0.25, -0.2) is 8.78 Å². The largest absolute Gasteiger partial charge is 0.416 e. The van der Waals surface area contributed by atoms with Crippen LogP contribution in [0, 0.1) is 0 Å². The van der Waals surface area contributed by atoms with E-state index in [1.54, 1.807) is 0 Å². The number of hydrogen-bond donors (Lipinski definition) is 0. The molecule has 0 aromatic carbocycles. The molecule has 0 amide bonds. The molecule has 2 nitrogen and oxygen atoms in total. The first-order chi connectivity index (χ1) is 8.74. The fraction of sp³-hybridized carbons (Fsp3) is 1.00. The Balaban J connectivity index is -0.000000218. The predicted molar refractivity (Wildman–Crippen MR) is 38.3 cm³/mol. The van der Waals surface area contributed by atoms with Crippen molar-refractivity contribution in [2.75, 3.05) is 20.0 Å². The molecular weight excluding hydrogens is 332 g/mol. The van der Waals surface area contributed by atoms with Gasteiger partial charge in [0.25, 0.3) is 0 Å². The Morgan fingerprint density at radius 1 is 0.650 bits per heavy atom. The molecule has 0 fully saturated rings. The summed E-state index contributed by atoms with van der Waals surface area (Å²) in [5.74, 6) is 0. The molecule has 0 aromatic rings. The number of halogens is 12. The lowest BCUT2D eigenvalue weighted by atomic mass is 10.7. The van der Waals surface area contributed by atoms with Crippen molar-refractivity contribution in [1.82, 2.24) is 0 Å². The average molecular weight is 338 g/mol. The van der Waals surface area contributed by atoms with E-state index < -0.39 is 38.4 Å². The van der Waals surface area contributed by atoms with Crippen molar-refractivity contribution in [2.24, 2.45) is 0 Å². The van der Waals surface area contributed by atoms with Gasteiger partial charge in [0.05, 0.1) is 0 Å². The van der Waals surface area contributed by atoms with Crippen LogP contribution in [0.25, 0.3) is 0 Å². The zero-order chi connectivity index (χ0) is 17.0. The van der Waals surface area contributed by atoms with Crippen LogP contribution in [0.1, 0.15) is 0 Å². The summed E-state index contributed by atoms with van der Waals surface area (Å²) >= 11 is 0. The van der Waals surface area contributed by atoms with E-state index in [1.807, 2.05) is 4.94 Å². The summed E-state index contributed by atoms with van der Waals surface area (Å²) in [6.07, 6.45) is -13.4. The lowest BCUT2D eigenvalue weighted by molar-refractivity contribution is -0.357. The lowest BCUT2D eigenvalue weighted by Gasteiger charge is -2.01. The Hall–Kier alpha value is -0.920. The van der Waals surface area contributed by atoms with Crippen molar-refractivity contribution in [1.29, 1.82) is 0 Å². The summed E-state index contributed by atoms with van der Waals surface area (Å²) in [5.41, 5.74) is 0. The Labute approximate surface area is 103 Å². The molecule has 0 aromatic heterocycles. The molecule has 0 saturated carbocycles. The molecule has 20 heavy (non-hydrogen) atoms. The smallest absolute Gasteiger partial charge is 0.241 e. The highest BCUT2D eigenvalue weighted by Crippen LogP contribution is 2.15. The zero-order valence-electron chi connectivity index (χ0n) is 8.97. The third-order valence-corrected chi connectivity index (χ3v) is 0.638. The van der Waals surface area contributed by atoms with Crippen LogP contribution < -0.4 is 0 Å². The van der Waals surface area contributed by atoms with Crippen molar-refractivity contribution in [3.63, 3.8) is 0 Å². The van der Waals surface area contributed by atoms with Crippen LogP contribution in [-0.4, -0.2) is 38.4 Å². The second-order valence-corrected chi connectivity index (χ2v) is 2.47. The van der Waals surface area contributed by atoms with Gasteiger partial charge in [0.15, 0.2) is 20.0 Å². The molecule has 0 aliphatic carbocycles. The van der Waals surface area contributed by atoms with E-state index in [2.05, 4.69) is 4.94 Å². The van der Waals surface area contributed by atoms with E-state index in [0.717, 1.165) is 0 Å². The Morgan fingerprint density at radius 3 is 1.00 bits per heavy atom. The maximum absolute atomic E-state index is 10.9. The van der Waals surface area contributed by atoms with Crippen LogP contribution in [0.3, 0.4) is 0 Å². The molecule has 0 bridgehead atoms. The van der Waals surface area contributed by atoms with Crippen molar-refractivity contribution < 1.29 is 62.8 Å². The van der Waals surface area contributed by atoms with Crippen molar-refractivity contribution >= 4 is 0 Å². The quantitative estimate of drug-likeness (QED) is 0.710. The maximum atomic E-state index is 10.9. The van der Waals surface area contributed by atoms with Gasteiger partial charge in [-0.1, -0.05) is 0 Å². The minimum atomic E-state index is -4.62. The number of rotatable bonds is 3. The van der Waals surface area contributed by atoms with E-state index in [-0.39, 0.29) is 0 Å². The van der Waals surface area contributed by atoms with Crippen LogP contribution >= 0.6 is 0 Å². The van der Waals surface area contributed by atoms with Gasteiger partial charge in [-0.15, -0.1) is 4.94 Å². The summed E-state index contributed by atoms with van der Waals surface area (Å²) in [4.78, 5) is 4.16. The fourth-order valence-electron chi connectivity index (χ4n) is 0.0825. The SMILES string of the molecule is FCC(F)(F)F.FCC(F)(F)OF.FOCC(F)(F)F. The summed E-state index contributed by atoms with van der Waals surface area (Å²) in [7, 11) is 0. The number of alkyl halides is 10. The summed E-state index contributed by atoms with van der Waals surface area (Å²) in [6, 6.07) is 0. The molecule has 0 spiro atoms. The molecule has 0 saturated heterocycles. The first-order valence-corrected chi connectivity index (χ1v) is 3.91. The van der Waals surface area contributed by atoms with E-state index in [1.165, 1.54) is 0 Å². The van der Waals surface area contributed by atoms with E-state index in [9.17, 15) is 53.0 Å². The zero-order valence-corrected chi connectivity index (χ0v) is 8.97. The molecule has 0 unspecified atom stereocenters. The van der Waals surface area contributed by atoms with Gasteiger partial charge in [-0.2, -0.15) is 40.1 Å². The normalized spacial score (nSPS) is 12.0. The maximum Gasteiger partial charge on any atom is 0.416 e. The molecule has 14 heteroatoms. The van der Waals surface area contributed by atoms with Gasteiger partial charge in [-0.05, 0) is 9.05 Å². The highest BCUT2D eigenvalue weighted by Gasteiger charge is 2.31. The van der Waals surface area contributed by atoms with Crippen LogP contribution in [0.15, 0.2) is 0 Å². The summed E-state index contributed by atoms with van der Waals surface area (Å²) in [5, 5.41) is 0. The molecule has 0 rings (SSSR count). The molecular formula is C6H6F12O2. The van der Waals surface area contributed by atoms with Crippen LogP contribution in [0.4, 0.5) is 53.0 Å². The van der Waals surface area contributed by atoms with Crippen molar-refractivity contribution in [3.05, 3.63) is 0 Å². The Kier molecular flexibility index (Phi) is 13.0. The van der Waals surface area contributed by atoms with Crippen molar-refractivity contribution in [2.45, 2.75) is 18.5 Å². The third kappa shape index (κ3) is 30.3. The van der Waals surface area contributed by atoms with Gasteiger partial charge in [0, 0.05) is 0 Å². The van der Waals surface area contributed by atoms with Gasteiger partial charge in [0.1, 0.15) is 0 Å². The molecule has 0 atom stereocenters. The molecule has 0 N–H and O–H groups in total. The van der Waals surface area contributed by atoms with Crippen molar-refractivity contribution in [3.8, 4) is 0 Å². The Bertz CT molecular complexity index is 205. The molecule has 0 radical (unpaired) electrons. The van der Waals surface area contributed by atoms with Crippen LogP contribution in [0.2, 0.25) is 0 Å². The fourth-order valence-corrected chi connectivity index (χ4v) is 0.0825. The monoisotopic (exact) mass is 338 g/mol. The second-order valence-electron chi connectivity index (χ2n) is 2.47. The second kappa shape index (κ2) is 10.8. The average Bonchev–Trinajstić information content (AvgIpc) is 2.28. The molecule has 126 valence electrons. The highest BCUT2D eigenvalue weighted by atomic mass is 19.4. The lowest BCUT2D eigenvalue weighted by Crippen LogP contribution is -2.18. The minimum Gasteiger partial charge on any atom is -0.241 e. The van der Waals surface area contributed by atoms with E-state index in [0.29, 0.717) is 0 Å². The third-order valence-electron chi connectivity index (χ3n) is 0.638. The van der Waals surface area contributed by atoms with Gasteiger partial charge in [-0.3, -0.25) is 0 Å². The summed E-state index contributed by atoms with van der Waals surface area (Å²) < 4.78 is 127. The molecule has 0 aliphatic rings. The van der Waals surface area contributed by atoms with E-state index >= 15 is 0 Å². The topological polar surface area (TPSA) is 18.5 Å². The number of hydrogen-bond acceptors (Lipinski definition) is 2. The van der Waals surface area contributed by atoms with Gasteiger partial charge >= 0.3 is 18.5 Å². The molecule has 0 aliphatic heterocycles. The standard InChI is InChI=1S/2C2H2F4O.C2H2F4/c3-2(4,5)1-7-6;3-1-2(4,5)7-6;3-1-2(4,5)6/h2*1H2;1H2.